The van der Waals surface area contributed by atoms with E-state index >= 15 is 0 Å². The summed E-state index contributed by atoms with van der Waals surface area (Å²) in [6.07, 6.45) is 3.20. The Hall–Kier alpha value is -4.01. The molecular weight excluding hydrogens is 519 g/mol. The lowest BCUT2D eigenvalue weighted by molar-refractivity contribution is -0.136. The Labute approximate surface area is 239 Å². The Kier molecular flexibility index (Phi) is 8.11. The predicted octanol–water partition coefficient (Wildman–Crippen LogP) is 4.90. The fourth-order valence-electron chi connectivity index (χ4n) is 5.89. The van der Waals surface area contributed by atoms with Crippen molar-refractivity contribution in [2.24, 2.45) is 0 Å². The Bertz CT molecular complexity index is 1490. The number of piperazine rings is 1. The molecule has 6 rings (SSSR count). The summed E-state index contributed by atoms with van der Waals surface area (Å²) in [6, 6.07) is 24.6. The normalized spacial score (nSPS) is 19.3. The van der Waals surface area contributed by atoms with Crippen LogP contribution in [0.4, 0.5) is 4.39 Å². The molecule has 2 unspecified atom stereocenters. The summed E-state index contributed by atoms with van der Waals surface area (Å²) in [5, 5.41) is 10.6. The van der Waals surface area contributed by atoms with Gasteiger partial charge in [-0.2, -0.15) is 0 Å². The van der Waals surface area contributed by atoms with Crippen molar-refractivity contribution in [2.75, 3.05) is 26.2 Å². The molecule has 0 radical (unpaired) electrons. The smallest absolute Gasteiger partial charge is 0.237 e. The van der Waals surface area contributed by atoms with Gasteiger partial charge in [-0.05, 0) is 53.8 Å². The van der Waals surface area contributed by atoms with Crippen molar-refractivity contribution in [3.05, 3.63) is 119 Å². The Morgan fingerprint density at radius 3 is 2.61 bits per heavy atom. The molecule has 8 heteroatoms. The number of nitrogens with zero attached hydrogens (tertiary/aromatic N) is 4. The van der Waals surface area contributed by atoms with Gasteiger partial charge in [-0.15, -0.1) is 0 Å². The lowest BCUT2D eigenvalue weighted by Crippen LogP contribution is -2.50. The van der Waals surface area contributed by atoms with Crippen molar-refractivity contribution >= 4 is 5.91 Å². The molecule has 1 amide bonds. The number of fused-ring (bicyclic) bond motifs is 1. The zero-order chi connectivity index (χ0) is 28.2. The number of amides is 1. The van der Waals surface area contributed by atoms with E-state index in [2.05, 4.69) is 14.5 Å². The van der Waals surface area contributed by atoms with Crippen molar-refractivity contribution in [3.63, 3.8) is 0 Å². The van der Waals surface area contributed by atoms with Crippen LogP contribution in [0.1, 0.15) is 53.2 Å². The van der Waals surface area contributed by atoms with E-state index in [0.717, 1.165) is 41.1 Å². The van der Waals surface area contributed by atoms with E-state index < -0.39 is 6.10 Å². The van der Waals surface area contributed by atoms with E-state index in [4.69, 9.17) is 4.74 Å². The van der Waals surface area contributed by atoms with Gasteiger partial charge in [-0.3, -0.25) is 9.69 Å². The van der Waals surface area contributed by atoms with E-state index in [1.807, 2.05) is 71.8 Å². The third kappa shape index (κ3) is 6.34. The molecule has 3 heterocycles. The summed E-state index contributed by atoms with van der Waals surface area (Å²) in [5.41, 5.74) is 4.04. The second-order valence-electron chi connectivity index (χ2n) is 10.9. The average Bonchev–Trinajstić information content (AvgIpc) is 3.42. The van der Waals surface area contributed by atoms with Gasteiger partial charge in [0.1, 0.15) is 30.1 Å². The summed E-state index contributed by atoms with van der Waals surface area (Å²) in [7, 11) is 0. The van der Waals surface area contributed by atoms with Gasteiger partial charge in [0.05, 0.1) is 12.6 Å². The van der Waals surface area contributed by atoms with Crippen LogP contribution >= 0.6 is 0 Å². The van der Waals surface area contributed by atoms with Gasteiger partial charge in [-0.25, -0.2) is 9.37 Å². The maximum Gasteiger partial charge on any atom is 0.237 e. The molecule has 2 aliphatic heterocycles. The summed E-state index contributed by atoms with van der Waals surface area (Å²) in [4.78, 5) is 21.7. The molecule has 1 fully saturated rings. The molecule has 0 saturated carbocycles. The number of carbonyl (C=O) groups is 1. The Morgan fingerprint density at radius 1 is 0.951 bits per heavy atom. The van der Waals surface area contributed by atoms with E-state index in [9.17, 15) is 14.3 Å². The Morgan fingerprint density at radius 2 is 1.78 bits per heavy atom. The fourth-order valence-corrected chi connectivity index (χ4v) is 5.89. The highest BCUT2D eigenvalue weighted by atomic mass is 19.1. The maximum atomic E-state index is 14.0. The first-order valence-electron chi connectivity index (χ1n) is 14.3. The van der Waals surface area contributed by atoms with Crippen LogP contribution in [0.3, 0.4) is 0 Å². The number of imidazole rings is 1. The summed E-state index contributed by atoms with van der Waals surface area (Å²) in [5.74, 6) is 1.27. The molecule has 3 aromatic carbocycles. The number of ether oxygens (including phenoxy) is 1. The van der Waals surface area contributed by atoms with Crippen LogP contribution in [-0.2, 0) is 24.4 Å². The van der Waals surface area contributed by atoms with Crippen molar-refractivity contribution < 1.29 is 19.0 Å². The predicted molar refractivity (Wildman–Crippen MR) is 154 cm³/mol. The molecule has 2 aliphatic rings. The number of carbonyl (C=O) groups excluding carboxylic acids is 1. The molecule has 1 saturated heterocycles. The van der Waals surface area contributed by atoms with Gasteiger partial charge < -0.3 is 19.3 Å². The van der Waals surface area contributed by atoms with Gasteiger partial charge in [0.2, 0.25) is 5.91 Å². The molecular formula is C33H35FN4O3. The van der Waals surface area contributed by atoms with Crippen LogP contribution in [0.25, 0.3) is 0 Å². The second kappa shape index (κ2) is 12.2. The molecule has 0 bridgehead atoms. The first-order valence-corrected chi connectivity index (χ1v) is 14.3. The maximum absolute atomic E-state index is 14.0. The summed E-state index contributed by atoms with van der Waals surface area (Å²) in [6.45, 7) is 3.57. The van der Waals surface area contributed by atoms with Crippen molar-refractivity contribution in [3.8, 4) is 5.75 Å². The number of aliphatic hydroxyl groups excluding tert-OH is 1. The highest BCUT2D eigenvalue weighted by molar-refractivity contribution is 5.79. The topological polar surface area (TPSA) is 70.8 Å². The van der Waals surface area contributed by atoms with Crippen LogP contribution in [-0.4, -0.2) is 56.5 Å². The molecule has 41 heavy (non-hydrogen) atoms. The highest BCUT2D eigenvalue weighted by Gasteiger charge is 2.31. The number of halogens is 1. The minimum atomic E-state index is -0.624. The van der Waals surface area contributed by atoms with Crippen molar-refractivity contribution in [2.45, 2.75) is 44.6 Å². The number of benzene rings is 3. The quantitative estimate of drug-likeness (QED) is 0.319. The van der Waals surface area contributed by atoms with Crippen LogP contribution in [0.2, 0.25) is 0 Å². The summed E-state index contributed by atoms with van der Waals surface area (Å²) < 4.78 is 22.0. The standard InChI is InChI=1S/C33H35FN4O3/c34-27-10-5-9-26(19-27)30-12-13-31(39)33-35-20-28(38(30)33)14-15-36-16-17-37(32(40)22-36)21-25-8-4-11-29(18-25)41-23-24-6-2-1-3-7-24/h1-11,18-20,30-31,39H,12-17,21-23H2. The van der Waals surface area contributed by atoms with E-state index in [1.165, 1.54) is 6.07 Å². The number of aromatic nitrogens is 2. The monoisotopic (exact) mass is 554 g/mol. The van der Waals surface area contributed by atoms with Crippen LogP contribution in [0.15, 0.2) is 85.1 Å². The van der Waals surface area contributed by atoms with E-state index in [1.54, 1.807) is 12.1 Å². The van der Waals surface area contributed by atoms with E-state index in [-0.39, 0.29) is 17.8 Å². The van der Waals surface area contributed by atoms with Gasteiger partial charge >= 0.3 is 0 Å². The molecule has 1 N–H and O–H groups in total. The summed E-state index contributed by atoms with van der Waals surface area (Å²) >= 11 is 0. The molecule has 7 nitrogen and oxygen atoms in total. The Balaban J connectivity index is 1.05. The van der Waals surface area contributed by atoms with Crippen molar-refractivity contribution in [1.82, 2.24) is 19.4 Å². The molecule has 0 aliphatic carbocycles. The van der Waals surface area contributed by atoms with Gasteiger partial charge in [0.15, 0.2) is 0 Å². The zero-order valence-electron chi connectivity index (χ0n) is 23.0. The largest absolute Gasteiger partial charge is 0.489 e. The lowest BCUT2D eigenvalue weighted by Gasteiger charge is -2.35. The average molecular weight is 555 g/mol. The van der Waals surface area contributed by atoms with E-state index in [0.29, 0.717) is 51.5 Å². The second-order valence-corrected chi connectivity index (χ2v) is 10.9. The minimum absolute atomic E-state index is 0.0625. The lowest BCUT2D eigenvalue weighted by atomic mass is 9.95. The number of rotatable bonds is 9. The van der Waals surface area contributed by atoms with Crippen LogP contribution < -0.4 is 4.74 Å². The molecule has 2 atom stereocenters. The number of hydrogen-bond acceptors (Lipinski definition) is 5. The fraction of sp³-hybridized carbons (Fsp3) is 0.333. The van der Waals surface area contributed by atoms with Crippen LogP contribution in [0.5, 0.6) is 5.75 Å². The highest BCUT2D eigenvalue weighted by Crippen LogP contribution is 2.37. The third-order valence-corrected chi connectivity index (χ3v) is 8.06. The van der Waals surface area contributed by atoms with Gasteiger partial charge in [0.25, 0.3) is 0 Å². The molecule has 212 valence electrons. The van der Waals surface area contributed by atoms with Gasteiger partial charge in [-0.1, -0.05) is 54.6 Å². The van der Waals surface area contributed by atoms with Gasteiger partial charge in [0, 0.05) is 44.5 Å². The van der Waals surface area contributed by atoms with Crippen LogP contribution in [0, 0.1) is 5.82 Å². The first-order chi connectivity index (χ1) is 20.0. The molecule has 0 spiro atoms. The number of aliphatic hydroxyl groups is 1. The number of hydrogen-bond donors (Lipinski definition) is 1. The molecule has 1 aromatic heterocycles. The first kappa shape index (κ1) is 27.2. The SMILES string of the molecule is O=C1CN(CCc2cnc3n2C(c2cccc(F)c2)CCC3O)CCN1Cc1cccc(OCc2ccccc2)c1. The third-order valence-electron chi connectivity index (χ3n) is 8.06. The van der Waals surface area contributed by atoms with Crippen molar-refractivity contribution in [1.29, 1.82) is 0 Å². The molecule has 4 aromatic rings. The zero-order valence-corrected chi connectivity index (χ0v) is 23.0. The minimum Gasteiger partial charge on any atom is -0.489 e.